The van der Waals surface area contributed by atoms with Crippen molar-refractivity contribution in [1.29, 1.82) is 0 Å². The predicted molar refractivity (Wildman–Crippen MR) is 79.3 cm³/mol. The molecule has 0 fully saturated rings. The third-order valence-corrected chi connectivity index (χ3v) is 3.17. The Kier molecular flexibility index (Phi) is 4.54. The van der Waals surface area contributed by atoms with Gasteiger partial charge in [0, 0.05) is 4.47 Å². The lowest BCUT2D eigenvalue weighted by Gasteiger charge is -2.09. The predicted octanol–water partition coefficient (Wildman–Crippen LogP) is 3.97. The summed E-state index contributed by atoms with van der Waals surface area (Å²) in [7, 11) is 1.35. The molecule has 7 heteroatoms. The van der Waals surface area contributed by atoms with Crippen LogP contribution >= 0.6 is 15.9 Å². The maximum absolute atomic E-state index is 11.0. The first-order valence-electron chi connectivity index (χ1n) is 5.80. The summed E-state index contributed by atoms with van der Waals surface area (Å²) < 4.78 is 11.2. The van der Waals surface area contributed by atoms with E-state index in [-0.39, 0.29) is 17.2 Å². The van der Waals surface area contributed by atoms with Gasteiger partial charge in [0.25, 0.3) is 0 Å². The minimum absolute atomic E-state index is 0.136. The topological polar surface area (TPSA) is 78.7 Å². The van der Waals surface area contributed by atoms with E-state index in [1.54, 1.807) is 18.2 Å². The van der Waals surface area contributed by atoms with Crippen molar-refractivity contribution >= 4 is 27.9 Å². The van der Waals surface area contributed by atoms with Crippen LogP contribution in [0, 0.1) is 10.1 Å². The van der Waals surface area contributed by atoms with Crippen molar-refractivity contribution in [3.8, 4) is 17.2 Å². The maximum atomic E-state index is 11.0. The van der Waals surface area contributed by atoms with Gasteiger partial charge in [0.2, 0.25) is 0 Å². The molecule has 0 saturated carbocycles. The highest BCUT2D eigenvalue weighted by Crippen LogP contribution is 2.34. The van der Waals surface area contributed by atoms with Crippen LogP contribution in [0.5, 0.6) is 17.2 Å². The van der Waals surface area contributed by atoms with Gasteiger partial charge in [-0.25, -0.2) is 0 Å². The van der Waals surface area contributed by atoms with Gasteiger partial charge in [0.05, 0.1) is 23.7 Å². The van der Waals surface area contributed by atoms with E-state index in [1.807, 2.05) is 0 Å². The lowest BCUT2D eigenvalue weighted by molar-refractivity contribution is -0.385. The van der Waals surface area contributed by atoms with Crippen LogP contribution in [0.3, 0.4) is 0 Å². The number of carbonyl (C=O) groups is 1. The van der Waals surface area contributed by atoms with Crippen LogP contribution in [0.25, 0.3) is 0 Å². The fraction of sp³-hybridized carbons (Fsp3) is 0.0714. The Labute approximate surface area is 128 Å². The van der Waals surface area contributed by atoms with Gasteiger partial charge in [0.15, 0.2) is 12.0 Å². The molecule has 0 N–H and O–H groups in total. The highest BCUT2D eigenvalue weighted by molar-refractivity contribution is 9.10. The van der Waals surface area contributed by atoms with Crippen LogP contribution in [0.4, 0.5) is 5.69 Å². The van der Waals surface area contributed by atoms with E-state index in [9.17, 15) is 14.9 Å². The Bertz CT molecular complexity index is 702. The van der Waals surface area contributed by atoms with Crippen LogP contribution in [-0.4, -0.2) is 18.3 Å². The summed E-state index contributed by atoms with van der Waals surface area (Å²) in [4.78, 5) is 21.4. The molecule has 2 aromatic rings. The molecular weight excluding hydrogens is 342 g/mol. The van der Waals surface area contributed by atoms with Crippen LogP contribution < -0.4 is 9.47 Å². The van der Waals surface area contributed by atoms with Crippen molar-refractivity contribution in [2.45, 2.75) is 0 Å². The van der Waals surface area contributed by atoms with E-state index in [0.717, 1.165) is 4.47 Å². The number of aldehydes is 1. The molecule has 0 aliphatic heterocycles. The number of ether oxygens (including phenoxy) is 2. The summed E-state index contributed by atoms with van der Waals surface area (Å²) in [5.41, 5.74) is 0.134. The van der Waals surface area contributed by atoms with Gasteiger partial charge < -0.3 is 9.47 Å². The summed E-state index contributed by atoms with van der Waals surface area (Å²) in [5, 5.41) is 11.0. The fourth-order valence-corrected chi connectivity index (χ4v) is 2.04. The van der Waals surface area contributed by atoms with Gasteiger partial charge in [-0.3, -0.25) is 14.9 Å². The largest absolute Gasteiger partial charge is 0.490 e. The summed E-state index contributed by atoms with van der Waals surface area (Å²) >= 11 is 3.28. The summed E-state index contributed by atoms with van der Waals surface area (Å²) in [6, 6.07) is 9.11. The van der Waals surface area contributed by atoms with Crippen molar-refractivity contribution in [3.05, 3.63) is 56.5 Å². The molecule has 0 unspecified atom stereocenters. The first-order valence-corrected chi connectivity index (χ1v) is 6.59. The zero-order valence-electron chi connectivity index (χ0n) is 10.9. The number of halogens is 1. The fourth-order valence-electron chi connectivity index (χ4n) is 1.70. The molecule has 21 heavy (non-hydrogen) atoms. The molecule has 0 aliphatic rings. The van der Waals surface area contributed by atoms with E-state index in [1.165, 1.54) is 25.3 Å². The summed E-state index contributed by atoms with van der Waals surface area (Å²) in [5.74, 6) is 0.680. The molecule has 108 valence electrons. The third-order valence-electron chi connectivity index (χ3n) is 2.68. The quantitative estimate of drug-likeness (QED) is 0.462. The number of nitro benzene ring substituents is 1. The Morgan fingerprint density at radius 3 is 2.57 bits per heavy atom. The highest BCUT2D eigenvalue weighted by atomic mass is 79.9. The molecule has 0 aromatic heterocycles. The standard InChI is InChI=1S/C14H10BrNO5/c1-20-13-5-4-11(7-12(13)16(18)19)21-14-6-10(15)3-2-9(14)8-17/h2-8H,1H3. The van der Waals surface area contributed by atoms with Crippen LogP contribution in [0.1, 0.15) is 10.4 Å². The SMILES string of the molecule is COc1ccc(Oc2cc(Br)ccc2C=O)cc1[N+](=O)[O-]. The molecule has 0 atom stereocenters. The third kappa shape index (κ3) is 3.38. The van der Waals surface area contributed by atoms with E-state index in [0.29, 0.717) is 17.6 Å². The van der Waals surface area contributed by atoms with Gasteiger partial charge in [-0.05, 0) is 30.3 Å². The monoisotopic (exact) mass is 351 g/mol. The van der Waals surface area contributed by atoms with Crippen molar-refractivity contribution in [2.24, 2.45) is 0 Å². The number of hydrogen-bond acceptors (Lipinski definition) is 5. The molecule has 6 nitrogen and oxygen atoms in total. The van der Waals surface area contributed by atoms with E-state index in [4.69, 9.17) is 9.47 Å². The lowest BCUT2D eigenvalue weighted by atomic mass is 10.2. The first kappa shape index (κ1) is 15.0. The average molecular weight is 352 g/mol. The van der Waals surface area contributed by atoms with Crippen LogP contribution in [0.2, 0.25) is 0 Å². The maximum Gasteiger partial charge on any atom is 0.314 e. The van der Waals surface area contributed by atoms with E-state index >= 15 is 0 Å². The smallest absolute Gasteiger partial charge is 0.314 e. The van der Waals surface area contributed by atoms with Gasteiger partial charge in [-0.15, -0.1) is 0 Å². The van der Waals surface area contributed by atoms with Crippen molar-refractivity contribution in [2.75, 3.05) is 7.11 Å². The Balaban J connectivity index is 2.40. The second-order valence-electron chi connectivity index (χ2n) is 3.99. The number of nitro groups is 1. The molecule has 0 radical (unpaired) electrons. The van der Waals surface area contributed by atoms with Crippen molar-refractivity contribution < 1.29 is 19.2 Å². The Hall–Kier alpha value is -2.41. The van der Waals surface area contributed by atoms with Gasteiger partial charge in [-0.1, -0.05) is 15.9 Å². The molecule has 0 spiro atoms. The normalized spacial score (nSPS) is 10.0. The van der Waals surface area contributed by atoms with Crippen LogP contribution in [-0.2, 0) is 0 Å². The van der Waals surface area contributed by atoms with Gasteiger partial charge in [-0.2, -0.15) is 0 Å². The van der Waals surface area contributed by atoms with Gasteiger partial charge in [0.1, 0.15) is 11.5 Å². The zero-order valence-corrected chi connectivity index (χ0v) is 12.5. The molecule has 0 heterocycles. The average Bonchev–Trinajstić information content (AvgIpc) is 2.47. The lowest BCUT2D eigenvalue weighted by Crippen LogP contribution is -1.95. The number of rotatable bonds is 5. The Morgan fingerprint density at radius 2 is 1.95 bits per heavy atom. The van der Waals surface area contributed by atoms with Gasteiger partial charge >= 0.3 is 5.69 Å². The highest BCUT2D eigenvalue weighted by Gasteiger charge is 2.16. The minimum Gasteiger partial charge on any atom is -0.490 e. The molecule has 0 bridgehead atoms. The first-order chi connectivity index (χ1) is 10.0. The molecule has 2 aromatic carbocycles. The number of hydrogen-bond donors (Lipinski definition) is 0. The second-order valence-corrected chi connectivity index (χ2v) is 4.91. The zero-order chi connectivity index (χ0) is 15.4. The van der Waals surface area contributed by atoms with Crippen molar-refractivity contribution in [3.63, 3.8) is 0 Å². The number of carbonyl (C=O) groups excluding carboxylic acids is 1. The number of methoxy groups -OCH3 is 1. The van der Waals surface area contributed by atoms with Crippen molar-refractivity contribution in [1.82, 2.24) is 0 Å². The van der Waals surface area contributed by atoms with Crippen LogP contribution in [0.15, 0.2) is 40.9 Å². The van der Waals surface area contributed by atoms with E-state index in [2.05, 4.69) is 15.9 Å². The summed E-state index contributed by atoms with van der Waals surface area (Å²) in [6.45, 7) is 0. The summed E-state index contributed by atoms with van der Waals surface area (Å²) in [6.07, 6.45) is 0.652. The molecular formula is C14H10BrNO5. The minimum atomic E-state index is -0.562. The number of nitrogens with zero attached hydrogens (tertiary/aromatic N) is 1. The molecule has 0 amide bonds. The number of benzene rings is 2. The molecule has 0 saturated heterocycles. The Morgan fingerprint density at radius 1 is 1.19 bits per heavy atom. The second kappa shape index (κ2) is 6.36. The molecule has 2 rings (SSSR count). The molecule has 0 aliphatic carbocycles. The van der Waals surface area contributed by atoms with E-state index < -0.39 is 4.92 Å².